The minimum Gasteiger partial charge on any atom is -0.493 e. The number of nitrogens with one attached hydrogen (secondary N) is 1. The summed E-state index contributed by atoms with van der Waals surface area (Å²) in [5.41, 5.74) is 1.42. The van der Waals surface area contributed by atoms with E-state index < -0.39 is 5.97 Å². The summed E-state index contributed by atoms with van der Waals surface area (Å²) in [4.78, 5) is 40.6. The van der Waals surface area contributed by atoms with Gasteiger partial charge in [-0.25, -0.2) is 4.79 Å². The zero-order valence-corrected chi connectivity index (χ0v) is 19.6. The van der Waals surface area contributed by atoms with Crippen molar-refractivity contribution in [3.8, 4) is 11.5 Å². The Bertz CT molecular complexity index is 992. The summed E-state index contributed by atoms with van der Waals surface area (Å²) in [6, 6.07) is 11.7. The third-order valence-corrected chi connectivity index (χ3v) is 5.22. The van der Waals surface area contributed by atoms with Gasteiger partial charge in [0.25, 0.3) is 5.91 Å². The number of anilines is 1. The summed E-state index contributed by atoms with van der Waals surface area (Å²) < 4.78 is 15.2. The molecule has 33 heavy (non-hydrogen) atoms. The van der Waals surface area contributed by atoms with Crippen molar-refractivity contribution in [3.63, 3.8) is 0 Å². The highest BCUT2D eigenvalue weighted by atomic mass is 35.5. The predicted octanol–water partition coefficient (Wildman–Crippen LogP) is 2.31. The molecule has 1 saturated heterocycles. The molecule has 2 aromatic rings. The summed E-state index contributed by atoms with van der Waals surface area (Å²) >= 11 is 0. The molecule has 1 fully saturated rings. The number of rotatable bonds is 7. The third kappa shape index (κ3) is 6.59. The Hall–Kier alpha value is -3.30. The molecule has 0 unspecified atom stereocenters. The van der Waals surface area contributed by atoms with E-state index >= 15 is 0 Å². The van der Waals surface area contributed by atoms with E-state index in [1.165, 1.54) is 14.2 Å². The molecular weight excluding hydrogens is 450 g/mol. The molecule has 10 heteroatoms. The monoisotopic (exact) mass is 477 g/mol. The van der Waals surface area contributed by atoms with Crippen LogP contribution in [0.4, 0.5) is 5.69 Å². The number of esters is 1. The smallest absolute Gasteiger partial charge is 0.337 e. The van der Waals surface area contributed by atoms with Crippen LogP contribution in [0.1, 0.15) is 20.7 Å². The maximum atomic E-state index is 12.8. The SMILES string of the molecule is COC(=O)c1cccc(NC(=O)CN2CCN(C(=O)c3ccc(OC)c(OC)c3)CC2)c1.Cl. The summed E-state index contributed by atoms with van der Waals surface area (Å²) in [6.07, 6.45) is 0. The molecule has 9 nitrogen and oxygen atoms in total. The molecule has 0 bridgehead atoms. The first-order valence-corrected chi connectivity index (χ1v) is 10.2. The van der Waals surface area contributed by atoms with Crippen LogP contribution in [0.3, 0.4) is 0 Å². The third-order valence-electron chi connectivity index (χ3n) is 5.22. The van der Waals surface area contributed by atoms with Gasteiger partial charge in [0.1, 0.15) is 0 Å². The number of benzene rings is 2. The molecule has 0 saturated carbocycles. The molecule has 178 valence electrons. The van der Waals surface area contributed by atoms with Gasteiger partial charge >= 0.3 is 5.97 Å². The van der Waals surface area contributed by atoms with Gasteiger partial charge in [0.05, 0.1) is 33.4 Å². The van der Waals surface area contributed by atoms with Gasteiger partial charge in [0.15, 0.2) is 11.5 Å². The molecule has 0 atom stereocenters. The number of ether oxygens (including phenoxy) is 3. The molecule has 0 spiro atoms. The van der Waals surface area contributed by atoms with Crippen LogP contribution in [0.25, 0.3) is 0 Å². The van der Waals surface area contributed by atoms with E-state index in [2.05, 4.69) is 5.32 Å². The fraction of sp³-hybridized carbons (Fsp3) is 0.348. The largest absolute Gasteiger partial charge is 0.493 e. The lowest BCUT2D eigenvalue weighted by Crippen LogP contribution is -2.50. The van der Waals surface area contributed by atoms with E-state index in [1.54, 1.807) is 54.5 Å². The molecule has 1 aliphatic heterocycles. The summed E-state index contributed by atoms with van der Waals surface area (Å²) in [6.45, 7) is 2.38. The molecule has 1 N–H and O–H groups in total. The topological polar surface area (TPSA) is 97.4 Å². The fourth-order valence-electron chi connectivity index (χ4n) is 3.51. The van der Waals surface area contributed by atoms with Crippen LogP contribution in [0.15, 0.2) is 42.5 Å². The van der Waals surface area contributed by atoms with Crippen LogP contribution < -0.4 is 14.8 Å². The maximum absolute atomic E-state index is 12.8. The minimum atomic E-state index is -0.462. The highest BCUT2D eigenvalue weighted by molar-refractivity contribution is 5.96. The van der Waals surface area contributed by atoms with Gasteiger partial charge in [-0.15, -0.1) is 12.4 Å². The quantitative estimate of drug-likeness (QED) is 0.611. The van der Waals surface area contributed by atoms with Crippen molar-refractivity contribution < 1.29 is 28.6 Å². The number of hydrogen-bond acceptors (Lipinski definition) is 7. The van der Waals surface area contributed by atoms with E-state index in [-0.39, 0.29) is 30.8 Å². The highest BCUT2D eigenvalue weighted by Crippen LogP contribution is 2.28. The normalized spacial score (nSPS) is 13.5. The van der Waals surface area contributed by atoms with Crippen molar-refractivity contribution in [3.05, 3.63) is 53.6 Å². The van der Waals surface area contributed by atoms with Crippen LogP contribution in [0.2, 0.25) is 0 Å². The highest BCUT2D eigenvalue weighted by Gasteiger charge is 2.24. The van der Waals surface area contributed by atoms with Gasteiger partial charge in [-0.05, 0) is 36.4 Å². The zero-order valence-electron chi connectivity index (χ0n) is 18.8. The molecule has 2 aromatic carbocycles. The summed E-state index contributed by atoms with van der Waals surface area (Å²) in [5.74, 6) is 0.333. The van der Waals surface area contributed by atoms with Crippen molar-refractivity contribution in [1.29, 1.82) is 0 Å². The average molecular weight is 478 g/mol. The van der Waals surface area contributed by atoms with Crippen molar-refractivity contribution in [2.24, 2.45) is 0 Å². The second kappa shape index (κ2) is 12.1. The van der Waals surface area contributed by atoms with Crippen LogP contribution >= 0.6 is 12.4 Å². The van der Waals surface area contributed by atoms with Crippen molar-refractivity contribution in [2.45, 2.75) is 0 Å². The van der Waals surface area contributed by atoms with Gasteiger partial charge in [0, 0.05) is 37.4 Å². The standard InChI is InChI=1S/C23H27N3O6.ClH/c1-30-19-8-7-16(14-20(19)31-2)22(28)26-11-9-25(10-12-26)15-21(27)24-18-6-4-5-17(13-18)23(29)32-3;/h4-8,13-14H,9-12,15H2,1-3H3,(H,24,27);1H. The minimum absolute atomic E-state index is 0. The number of halogens is 1. The Morgan fingerprint density at radius 2 is 1.58 bits per heavy atom. The first-order chi connectivity index (χ1) is 15.4. The first kappa shape index (κ1) is 26.0. The average Bonchev–Trinajstić information content (AvgIpc) is 2.83. The van der Waals surface area contributed by atoms with E-state index in [0.29, 0.717) is 54.5 Å². The molecule has 1 aliphatic rings. The second-order valence-electron chi connectivity index (χ2n) is 7.26. The molecule has 1 heterocycles. The van der Waals surface area contributed by atoms with Crippen molar-refractivity contribution in [2.75, 3.05) is 59.4 Å². The predicted molar refractivity (Wildman–Crippen MR) is 126 cm³/mol. The number of amides is 2. The molecular formula is C23H28ClN3O6. The van der Waals surface area contributed by atoms with E-state index in [1.807, 2.05) is 4.90 Å². The second-order valence-corrected chi connectivity index (χ2v) is 7.26. The number of piperazine rings is 1. The Morgan fingerprint density at radius 1 is 0.879 bits per heavy atom. The van der Waals surface area contributed by atoms with Crippen LogP contribution in [0.5, 0.6) is 11.5 Å². The zero-order chi connectivity index (χ0) is 23.1. The summed E-state index contributed by atoms with van der Waals surface area (Å²) in [7, 11) is 4.38. The van der Waals surface area contributed by atoms with Crippen molar-refractivity contribution in [1.82, 2.24) is 9.80 Å². The van der Waals surface area contributed by atoms with Gasteiger partial charge < -0.3 is 24.4 Å². The maximum Gasteiger partial charge on any atom is 0.337 e. The molecule has 2 amide bonds. The number of nitrogens with zero attached hydrogens (tertiary/aromatic N) is 2. The molecule has 3 rings (SSSR count). The Morgan fingerprint density at radius 3 is 2.21 bits per heavy atom. The Balaban J connectivity index is 0.00000385. The van der Waals surface area contributed by atoms with Crippen LogP contribution in [-0.2, 0) is 9.53 Å². The lowest BCUT2D eigenvalue weighted by Gasteiger charge is -2.34. The van der Waals surface area contributed by atoms with E-state index in [4.69, 9.17) is 14.2 Å². The Kier molecular flexibility index (Phi) is 9.50. The van der Waals surface area contributed by atoms with E-state index in [0.717, 1.165) is 0 Å². The molecule has 0 aliphatic carbocycles. The molecule has 0 radical (unpaired) electrons. The fourth-order valence-corrected chi connectivity index (χ4v) is 3.51. The van der Waals surface area contributed by atoms with Gasteiger partial charge in [0.2, 0.25) is 5.91 Å². The Labute approximate surface area is 199 Å². The number of methoxy groups -OCH3 is 3. The number of hydrogen-bond donors (Lipinski definition) is 1. The lowest BCUT2D eigenvalue weighted by molar-refractivity contribution is -0.117. The van der Waals surface area contributed by atoms with Crippen LogP contribution in [-0.4, -0.2) is 81.6 Å². The van der Waals surface area contributed by atoms with Crippen LogP contribution in [0, 0.1) is 0 Å². The number of carbonyl (C=O) groups excluding carboxylic acids is 3. The van der Waals surface area contributed by atoms with Gasteiger partial charge in [-0.2, -0.15) is 0 Å². The first-order valence-electron chi connectivity index (χ1n) is 10.2. The van der Waals surface area contributed by atoms with Crippen molar-refractivity contribution >= 4 is 35.9 Å². The lowest BCUT2D eigenvalue weighted by atomic mass is 10.1. The number of carbonyl (C=O) groups is 3. The van der Waals surface area contributed by atoms with E-state index in [9.17, 15) is 14.4 Å². The van der Waals surface area contributed by atoms with Gasteiger partial charge in [-0.1, -0.05) is 6.07 Å². The summed E-state index contributed by atoms with van der Waals surface area (Å²) in [5, 5.41) is 2.80. The molecule has 0 aromatic heterocycles. The van der Waals surface area contributed by atoms with Gasteiger partial charge in [-0.3, -0.25) is 14.5 Å².